The number of carboxylic acids is 1. The third-order valence-corrected chi connectivity index (χ3v) is 6.93. The number of carboxylic acid groups (broad SMARTS) is 1. The van der Waals surface area contributed by atoms with E-state index in [-0.39, 0.29) is 37.4 Å². The van der Waals surface area contributed by atoms with Crippen LogP contribution in [0.3, 0.4) is 0 Å². The van der Waals surface area contributed by atoms with E-state index < -0.39 is 24.2 Å². The molecule has 0 spiro atoms. The summed E-state index contributed by atoms with van der Waals surface area (Å²) in [6, 6.07) is 15.1. The molecular formula is C27H32N2O6. The van der Waals surface area contributed by atoms with E-state index in [1.54, 1.807) is 6.92 Å². The van der Waals surface area contributed by atoms with Gasteiger partial charge in [0.05, 0.1) is 12.7 Å². The van der Waals surface area contributed by atoms with Crippen molar-refractivity contribution in [3.8, 4) is 11.1 Å². The highest BCUT2D eigenvalue weighted by Crippen LogP contribution is 2.44. The molecule has 35 heavy (non-hydrogen) atoms. The van der Waals surface area contributed by atoms with Crippen molar-refractivity contribution in [2.75, 3.05) is 19.8 Å². The first-order valence-corrected chi connectivity index (χ1v) is 12.2. The number of amides is 2. The third-order valence-electron chi connectivity index (χ3n) is 6.93. The molecule has 2 aromatic rings. The van der Waals surface area contributed by atoms with Crippen LogP contribution in [0.15, 0.2) is 48.5 Å². The molecule has 1 fully saturated rings. The van der Waals surface area contributed by atoms with Crippen molar-refractivity contribution >= 4 is 18.0 Å². The summed E-state index contributed by atoms with van der Waals surface area (Å²) in [4.78, 5) is 38.3. The van der Waals surface area contributed by atoms with Gasteiger partial charge in [-0.1, -0.05) is 55.5 Å². The highest BCUT2D eigenvalue weighted by atomic mass is 16.5. The van der Waals surface area contributed by atoms with Crippen molar-refractivity contribution in [3.63, 3.8) is 0 Å². The van der Waals surface area contributed by atoms with Crippen LogP contribution >= 0.6 is 0 Å². The maximum Gasteiger partial charge on any atom is 0.407 e. The second-order valence-electron chi connectivity index (χ2n) is 9.06. The number of nitrogens with zero attached hydrogens (tertiary/aromatic N) is 1. The molecule has 0 saturated carbocycles. The summed E-state index contributed by atoms with van der Waals surface area (Å²) < 4.78 is 11.0. The number of alkyl carbamates (subject to hydrolysis) is 1. The van der Waals surface area contributed by atoms with Gasteiger partial charge in [-0.3, -0.25) is 4.79 Å². The molecule has 0 radical (unpaired) electrons. The average molecular weight is 481 g/mol. The van der Waals surface area contributed by atoms with Crippen LogP contribution in [-0.4, -0.2) is 65.9 Å². The molecule has 1 aliphatic carbocycles. The number of benzene rings is 2. The molecule has 8 nitrogen and oxygen atoms in total. The van der Waals surface area contributed by atoms with E-state index in [4.69, 9.17) is 9.47 Å². The lowest BCUT2D eigenvalue weighted by Crippen LogP contribution is -2.56. The van der Waals surface area contributed by atoms with Gasteiger partial charge in [0.15, 0.2) is 6.04 Å². The Balaban J connectivity index is 1.31. The SMILES string of the molecule is CCC(CCC(=O)N1CCOC(C)C1C(=O)O)NC(=O)OCC1c2ccccc2-c2ccccc21. The molecule has 2 amide bonds. The minimum Gasteiger partial charge on any atom is -0.480 e. The van der Waals surface area contributed by atoms with Crippen molar-refractivity contribution in [2.45, 2.75) is 57.2 Å². The van der Waals surface area contributed by atoms with Crippen LogP contribution in [0.1, 0.15) is 50.2 Å². The number of nitrogens with one attached hydrogen (secondary N) is 1. The summed E-state index contributed by atoms with van der Waals surface area (Å²) in [5.41, 5.74) is 4.62. The zero-order chi connectivity index (χ0) is 24.9. The third kappa shape index (κ3) is 5.32. The molecule has 2 aliphatic rings. The van der Waals surface area contributed by atoms with Gasteiger partial charge in [-0.15, -0.1) is 0 Å². The van der Waals surface area contributed by atoms with Gasteiger partial charge in [0.1, 0.15) is 6.61 Å². The number of rotatable bonds is 8. The Morgan fingerprint density at radius 1 is 1.11 bits per heavy atom. The molecule has 4 rings (SSSR count). The quantitative estimate of drug-likeness (QED) is 0.596. The number of carbonyl (C=O) groups excluding carboxylic acids is 2. The van der Waals surface area contributed by atoms with Gasteiger partial charge in [0, 0.05) is 24.9 Å². The van der Waals surface area contributed by atoms with Crippen LogP contribution in [0, 0.1) is 0 Å². The van der Waals surface area contributed by atoms with Crippen LogP contribution in [0.2, 0.25) is 0 Å². The predicted octanol–water partition coefficient (Wildman–Crippen LogP) is 3.78. The maximum absolute atomic E-state index is 12.8. The second-order valence-corrected chi connectivity index (χ2v) is 9.06. The van der Waals surface area contributed by atoms with E-state index in [0.717, 1.165) is 11.1 Å². The molecular weight excluding hydrogens is 448 g/mol. The number of aliphatic carboxylic acids is 1. The van der Waals surface area contributed by atoms with Crippen LogP contribution in [-0.2, 0) is 19.1 Å². The molecule has 2 aromatic carbocycles. The molecule has 1 heterocycles. The number of fused-ring (bicyclic) bond motifs is 3. The summed E-state index contributed by atoms with van der Waals surface area (Å²) >= 11 is 0. The lowest BCUT2D eigenvalue weighted by molar-refractivity contribution is -0.164. The minimum absolute atomic E-state index is 0.0222. The standard InChI is InChI=1S/C27H32N2O6/c1-3-18(12-13-24(30)29-14-15-34-17(2)25(29)26(31)32)28-27(33)35-16-23-21-10-6-4-8-19(21)20-9-5-7-11-22(20)23/h4-11,17-18,23,25H,3,12-16H2,1-2H3,(H,28,33)(H,31,32). The van der Waals surface area contributed by atoms with Crippen LogP contribution < -0.4 is 5.32 Å². The van der Waals surface area contributed by atoms with E-state index in [1.165, 1.54) is 16.0 Å². The molecule has 2 N–H and O–H groups in total. The highest BCUT2D eigenvalue weighted by Gasteiger charge is 2.38. The fourth-order valence-electron chi connectivity index (χ4n) is 5.06. The monoisotopic (exact) mass is 480 g/mol. The fourth-order valence-corrected chi connectivity index (χ4v) is 5.06. The molecule has 3 atom stereocenters. The lowest BCUT2D eigenvalue weighted by Gasteiger charge is -2.37. The van der Waals surface area contributed by atoms with Crippen molar-refractivity contribution in [2.24, 2.45) is 0 Å². The second kappa shape index (κ2) is 10.9. The smallest absolute Gasteiger partial charge is 0.407 e. The summed E-state index contributed by atoms with van der Waals surface area (Å²) in [6.07, 6.45) is 0.0796. The number of hydrogen-bond donors (Lipinski definition) is 2. The summed E-state index contributed by atoms with van der Waals surface area (Å²) in [6.45, 7) is 4.37. The van der Waals surface area contributed by atoms with Crippen molar-refractivity contribution in [1.29, 1.82) is 0 Å². The fraction of sp³-hybridized carbons (Fsp3) is 0.444. The van der Waals surface area contributed by atoms with E-state index in [9.17, 15) is 19.5 Å². The van der Waals surface area contributed by atoms with E-state index in [2.05, 4.69) is 29.6 Å². The van der Waals surface area contributed by atoms with Gasteiger partial charge < -0.3 is 24.8 Å². The number of carbonyl (C=O) groups is 3. The Labute approximate surface area is 205 Å². The summed E-state index contributed by atoms with van der Waals surface area (Å²) in [7, 11) is 0. The van der Waals surface area contributed by atoms with Crippen LogP contribution in [0.5, 0.6) is 0 Å². The van der Waals surface area contributed by atoms with Gasteiger partial charge in [-0.25, -0.2) is 9.59 Å². The first-order chi connectivity index (χ1) is 16.9. The van der Waals surface area contributed by atoms with Gasteiger partial charge in [-0.05, 0) is 42.0 Å². The highest BCUT2D eigenvalue weighted by molar-refractivity contribution is 5.84. The lowest BCUT2D eigenvalue weighted by atomic mass is 9.98. The molecule has 186 valence electrons. The zero-order valence-electron chi connectivity index (χ0n) is 20.1. The predicted molar refractivity (Wildman–Crippen MR) is 130 cm³/mol. The van der Waals surface area contributed by atoms with Gasteiger partial charge in [-0.2, -0.15) is 0 Å². The first kappa shape index (κ1) is 24.7. The molecule has 1 saturated heterocycles. The van der Waals surface area contributed by atoms with E-state index in [1.807, 2.05) is 31.2 Å². The molecule has 8 heteroatoms. The summed E-state index contributed by atoms with van der Waals surface area (Å²) in [5.74, 6) is -1.35. The normalized spacial score (nSPS) is 20.0. The minimum atomic E-state index is -1.07. The Bertz CT molecular complexity index is 1040. The van der Waals surface area contributed by atoms with Gasteiger partial charge in [0.25, 0.3) is 0 Å². The molecule has 0 bridgehead atoms. The Morgan fingerprint density at radius 2 is 1.74 bits per heavy atom. The summed E-state index contributed by atoms with van der Waals surface area (Å²) in [5, 5.41) is 12.4. The molecule has 1 aliphatic heterocycles. The Hall–Kier alpha value is -3.39. The van der Waals surface area contributed by atoms with Gasteiger partial charge in [0.2, 0.25) is 5.91 Å². The average Bonchev–Trinajstić information content (AvgIpc) is 3.18. The van der Waals surface area contributed by atoms with E-state index >= 15 is 0 Å². The zero-order valence-corrected chi connectivity index (χ0v) is 20.1. The molecule has 3 unspecified atom stereocenters. The van der Waals surface area contributed by atoms with Crippen LogP contribution in [0.25, 0.3) is 11.1 Å². The van der Waals surface area contributed by atoms with Crippen molar-refractivity contribution in [3.05, 3.63) is 59.7 Å². The number of ether oxygens (including phenoxy) is 2. The van der Waals surface area contributed by atoms with Gasteiger partial charge >= 0.3 is 12.1 Å². The molecule has 0 aromatic heterocycles. The van der Waals surface area contributed by atoms with E-state index in [0.29, 0.717) is 19.4 Å². The van der Waals surface area contributed by atoms with Crippen LogP contribution in [0.4, 0.5) is 4.79 Å². The topological polar surface area (TPSA) is 105 Å². The number of morpholine rings is 1. The number of hydrogen-bond acceptors (Lipinski definition) is 5. The Kier molecular flexibility index (Phi) is 7.70. The maximum atomic E-state index is 12.8. The Morgan fingerprint density at radius 3 is 2.34 bits per heavy atom. The largest absolute Gasteiger partial charge is 0.480 e. The van der Waals surface area contributed by atoms with Crippen molar-refractivity contribution < 1.29 is 29.0 Å². The first-order valence-electron chi connectivity index (χ1n) is 12.2. The van der Waals surface area contributed by atoms with Crippen molar-refractivity contribution in [1.82, 2.24) is 10.2 Å².